The minimum atomic E-state index is -0.728. The Morgan fingerprint density at radius 2 is 2.23 bits per heavy atom. The van der Waals surface area contributed by atoms with Crippen LogP contribution in [0.4, 0.5) is 0 Å². The Balaban J connectivity index is 1.55. The summed E-state index contributed by atoms with van der Waals surface area (Å²) in [5, 5.41) is 7.63. The highest BCUT2D eigenvalue weighted by Crippen LogP contribution is 2.39. The number of ether oxygens (including phenoxy) is 2. The van der Waals surface area contributed by atoms with E-state index in [1.54, 1.807) is 7.05 Å². The average molecular weight is 400 g/mol. The number of hydrogen-bond acceptors (Lipinski definition) is 4. The van der Waals surface area contributed by atoms with E-state index in [-0.39, 0.29) is 12.0 Å². The van der Waals surface area contributed by atoms with Crippen molar-refractivity contribution in [2.45, 2.75) is 50.4 Å². The molecule has 26 heavy (non-hydrogen) atoms. The summed E-state index contributed by atoms with van der Waals surface area (Å²) >= 11 is 6.23. The third-order valence-electron chi connectivity index (χ3n) is 4.79. The Hall–Kier alpha value is -1.47. The topological polar surface area (TPSA) is 72.0 Å². The fourth-order valence-electron chi connectivity index (χ4n) is 3.45. The maximum Gasteiger partial charge on any atom is 0.231 e. The van der Waals surface area contributed by atoms with E-state index < -0.39 is 10.8 Å². The number of nitrogens with zero attached hydrogens (tertiary/aromatic N) is 1. The molecule has 0 amide bonds. The van der Waals surface area contributed by atoms with Gasteiger partial charge in [0, 0.05) is 41.4 Å². The summed E-state index contributed by atoms with van der Waals surface area (Å²) in [7, 11) is 1.03. The Labute approximate surface area is 162 Å². The van der Waals surface area contributed by atoms with Crippen LogP contribution in [0.3, 0.4) is 0 Å². The van der Waals surface area contributed by atoms with Crippen molar-refractivity contribution in [3.05, 3.63) is 22.7 Å². The second kappa shape index (κ2) is 8.95. The van der Waals surface area contributed by atoms with E-state index in [1.807, 2.05) is 19.1 Å². The maximum atomic E-state index is 12.1. The molecular weight excluding hydrogens is 374 g/mol. The summed E-state index contributed by atoms with van der Waals surface area (Å²) in [5.74, 6) is 2.76. The van der Waals surface area contributed by atoms with Gasteiger partial charge in [0.25, 0.3) is 0 Å². The highest BCUT2D eigenvalue weighted by Gasteiger charge is 2.26. The third kappa shape index (κ3) is 4.62. The van der Waals surface area contributed by atoms with Gasteiger partial charge in [-0.05, 0) is 37.0 Å². The number of aliphatic imine (C=N–C) groups is 1. The first-order chi connectivity index (χ1) is 12.6. The molecule has 1 saturated carbocycles. The average Bonchev–Trinajstić information content (AvgIpc) is 3.14. The van der Waals surface area contributed by atoms with Crippen LogP contribution in [-0.4, -0.2) is 41.1 Å². The maximum absolute atomic E-state index is 12.1. The summed E-state index contributed by atoms with van der Waals surface area (Å²) in [6.07, 6.45) is 4.16. The number of halogens is 1. The molecule has 0 bridgehead atoms. The molecule has 1 aliphatic heterocycles. The molecule has 144 valence electrons. The lowest BCUT2D eigenvalue weighted by Crippen LogP contribution is -2.46. The van der Waals surface area contributed by atoms with Crippen LogP contribution in [0.2, 0.25) is 5.02 Å². The number of nitrogens with one attached hydrogen (secondary N) is 2. The molecule has 0 spiro atoms. The molecule has 0 saturated heterocycles. The van der Waals surface area contributed by atoms with Gasteiger partial charge >= 0.3 is 0 Å². The molecular formula is C18H26ClN3O3S. The van der Waals surface area contributed by atoms with Crippen molar-refractivity contribution in [1.82, 2.24) is 10.6 Å². The number of fused-ring (bicyclic) bond motifs is 1. The molecule has 0 radical (unpaired) electrons. The molecule has 0 aromatic heterocycles. The highest BCUT2D eigenvalue weighted by molar-refractivity contribution is 7.85. The first-order valence-electron chi connectivity index (χ1n) is 9.03. The standard InChI is InChI=1S/C18H26ClN3O3S/c1-3-26(23)14-6-4-5-13(9-14)22-18(20-2)21-10-12-7-15(19)17-16(8-12)24-11-25-17/h7-8,13-14H,3-6,9-11H2,1-2H3,(H2,20,21,22). The van der Waals surface area contributed by atoms with Crippen molar-refractivity contribution in [3.63, 3.8) is 0 Å². The molecule has 8 heteroatoms. The predicted octanol–water partition coefficient (Wildman–Crippen LogP) is 2.81. The first-order valence-corrected chi connectivity index (χ1v) is 10.8. The zero-order chi connectivity index (χ0) is 18.5. The lowest BCUT2D eigenvalue weighted by Gasteiger charge is -2.30. The van der Waals surface area contributed by atoms with E-state index >= 15 is 0 Å². The smallest absolute Gasteiger partial charge is 0.231 e. The minimum Gasteiger partial charge on any atom is -0.454 e. The van der Waals surface area contributed by atoms with Crippen molar-refractivity contribution in [2.24, 2.45) is 4.99 Å². The molecule has 1 heterocycles. The van der Waals surface area contributed by atoms with E-state index in [4.69, 9.17) is 21.1 Å². The Kier molecular flexibility index (Phi) is 6.64. The number of rotatable bonds is 5. The van der Waals surface area contributed by atoms with Crippen molar-refractivity contribution >= 4 is 28.4 Å². The van der Waals surface area contributed by atoms with Gasteiger partial charge in [0.05, 0.1) is 5.02 Å². The van der Waals surface area contributed by atoms with Crippen LogP contribution in [0.15, 0.2) is 17.1 Å². The molecule has 1 fully saturated rings. The van der Waals surface area contributed by atoms with Crippen LogP contribution in [-0.2, 0) is 17.3 Å². The first kappa shape index (κ1) is 19.3. The van der Waals surface area contributed by atoms with Gasteiger partial charge in [0.15, 0.2) is 17.5 Å². The van der Waals surface area contributed by atoms with Crippen LogP contribution < -0.4 is 20.1 Å². The van der Waals surface area contributed by atoms with Crippen LogP contribution in [0.25, 0.3) is 0 Å². The molecule has 6 nitrogen and oxygen atoms in total. The second-order valence-corrected chi connectivity index (χ2v) is 8.95. The Morgan fingerprint density at radius 1 is 1.38 bits per heavy atom. The molecule has 1 aliphatic carbocycles. The lowest BCUT2D eigenvalue weighted by molar-refractivity contribution is 0.174. The quantitative estimate of drug-likeness (QED) is 0.588. The van der Waals surface area contributed by atoms with Crippen molar-refractivity contribution in [2.75, 3.05) is 19.6 Å². The van der Waals surface area contributed by atoms with Crippen LogP contribution in [0.5, 0.6) is 11.5 Å². The molecule has 2 N–H and O–H groups in total. The zero-order valence-corrected chi connectivity index (χ0v) is 16.8. The van der Waals surface area contributed by atoms with Crippen LogP contribution >= 0.6 is 11.6 Å². The summed E-state index contributed by atoms with van der Waals surface area (Å²) < 4.78 is 22.9. The van der Waals surface area contributed by atoms with E-state index in [2.05, 4.69) is 15.6 Å². The Morgan fingerprint density at radius 3 is 3.00 bits per heavy atom. The van der Waals surface area contributed by atoms with Gasteiger partial charge in [-0.15, -0.1) is 0 Å². The second-order valence-electron chi connectivity index (χ2n) is 6.54. The third-order valence-corrected chi connectivity index (χ3v) is 6.82. The summed E-state index contributed by atoms with van der Waals surface area (Å²) in [6, 6.07) is 4.10. The fraction of sp³-hybridized carbons (Fsp3) is 0.611. The van der Waals surface area contributed by atoms with Gasteiger partial charge < -0.3 is 20.1 Å². The van der Waals surface area contributed by atoms with Gasteiger partial charge in [-0.3, -0.25) is 9.20 Å². The van der Waals surface area contributed by atoms with Gasteiger partial charge in [0.2, 0.25) is 6.79 Å². The predicted molar refractivity (Wildman–Crippen MR) is 106 cm³/mol. The number of guanidine groups is 1. The zero-order valence-electron chi connectivity index (χ0n) is 15.2. The van der Waals surface area contributed by atoms with E-state index in [0.717, 1.165) is 43.0 Å². The lowest BCUT2D eigenvalue weighted by atomic mass is 9.95. The molecule has 3 unspecified atom stereocenters. The molecule has 1 aromatic rings. The molecule has 3 atom stereocenters. The van der Waals surface area contributed by atoms with Gasteiger partial charge in [-0.25, -0.2) is 0 Å². The Bertz CT molecular complexity index is 699. The largest absolute Gasteiger partial charge is 0.454 e. The van der Waals surface area contributed by atoms with Gasteiger partial charge in [0.1, 0.15) is 0 Å². The normalized spacial score (nSPS) is 23.6. The van der Waals surface area contributed by atoms with E-state index in [0.29, 0.717) is 29.1 Å². The van der Waals surface area contributed by atoms with Crippen LogP contribution in [0, 0.1) is 0 Å². The molecule has 2 aliphatic rings. The fourth-order valence-corrected chi connectivity index (χ4v) is 5.08. The van der Waals surface area contributed by atoms with Crippen molar-refractivity contribution < 1.29 is 13.7 Å². The SMILES string of the molecule is CCS(=O)C1CCCC(NC(=NC)NCc2cc(Cl)c3c(c2)OCO3)C1. The summed E-state index contributed by atoms with van der Waals surface area (Å²) in [5.41, 5.74) is 0.996. The molecule has 1 aromatic carbocycles. The summed E-state index contributed by atoms with van der Waals surface area (Å²) in [4.78, 5) is 4.31. The number of benzene rings is 1. The number of hydrogen-bond donors (Lipinski definition) is 2. The molecule has 3 rings (SSSR count). The minimum absolute atomic E-state index is 0.205. The van der Waals surface area contributed by atoms with E-state index in [9.17, 15) is 4.21 Å². The van der Waals surface area contributed by atoms with Crippen molar-refractivity contribution in [1.29, 1.82) is 0 Å². The summed E-state index contributed by atoms with van der Waals surface area (Å²) in [6.45, 7) is 2.77. The van der Waals surface area contributed by atoms with Gasteiger partial charge in [-0.2, -0.15) is 0 Å². The monoisotopic (exact) mass is 399 g/mol. The van der Waals surface area contributed by atoms with E-state index in [1.165, 1.54) is 0 Å². The van der Waals surface area contributed by atoms with Crippen molar-refractivity contribution in [3.8, 4) is 11.5 Å². The van der Waals surface area contributed by atoms with Gasteiger partial charge in [-0.1, -0.05) is 24.9 Å². The van der Waals surface area contributed by atoms with Crippen LogP contribution in [0.1, 0.15) is 38.2 Å². The highest BCUT2D eigenvalue weighted by atomic mass is 35.5.